The molecule has 0 amide bonds. The van der Waals surface area contributed by atoms with Crippen molar-refractivity contribution in [1.82, 2.24) is 5.43 Å². The number of halogens is 1. The Morgan fingerprint density at radius 2 is 2.18 bits per heavy atom. The number of nitrogens with one attached hydrogen (secondary N) is 1. The van der Waals surface area contributed by atoms with E-state index in [1.807, 2.05) is 12.1 Å². The van der Waals surface area contributed by atoms with Crippen LogP contribution in [0.2, 0.25) is 0 Å². The van der Waals surface area contributed by atoms with Gasteiger partial charge >= 0.3 is 0 Å². The molecule has 17 heavy (non-hydrogen) atoms. The molecule has 0 heterocycles. The minimum atomic E-state index is -0.110. The third kappa shape index (κ3) is 4.76. The van der Waals surface area contributed by atoms with E-state index in [9.17, 15) is 0 Å². The molecule has 1 atom stereocenters. The molecule has 1 rings (SSSR count). The number of ether oxygens (including phenoxy) is 1. The highest BCUT2D eigenvalue weighted by Crippen LogP contribution is 2.25. The normalized spacial score (nSPS) is 13.7. The molecular weight excluding hydrogens is 280 g/mol. The zero-order chi connectivity index (χ0) is 12.9. The molecule has 1 aromatic rings. The first-order chi connectivity index (χ1) is 7.98. The van der Waals surface area contributed by atoms with Crippen molar-refractivity contribution in [2.75, 3.05) is 7.11 Å². The third-order valence-corrected chi connectivity index (χ3v) is 3.53. The Hall–Kier alpha value is -0.420. The average Bonchev–Trinajstić information content (AvgIpc) is 2.30. The van der Waals surface area contributed by atoms with Crippen LogP contribution >= 0.6 is 15.9 Å². The van der Waals surface area contributed by atoms with Gasteiger partial charge in [0.05, 0.1) is 5.60 Å². The van der Waals surface area contributed by atoms with Gasteiger partial charge < -0.3 is 4.74 Å². The maximum atomic E-state index is 5.62. The first-order valence-corrected chi connectivity index (χ1v) is 6.54. The van der Waals surface area contributed by atoms with Crippen LogP contribution in [0.4, 0.5) is 0 Å². The minimum absolute atomic E-state index is 0.110. The molecule has 1 unspecified atom stereocenters. The summed E-state index contributed by atoms with van der Waals surface area (Å²) in [5.41, 5.74) is 3.94. The molecule has 0 aliphatic heterocycles. The van der Waals surface area contributed by atoms with E-state index >= 15 is 0 Å². The molecule has 96 valence electrons. The van der Waals surface area contributed by atoms with Gasteiger partial charge in [-0.15, -0.1) is 0 Å². The van der Waals surface area contributed by atoms with Crippen molar-refractivity contribution in [2.45, 2.75) is 38.3 Å². The van der Waals surface area contributed by atoms with Crippen LogP contribution in [-0.4, -0.2) is 12.7 Å². The lowest BCUT2D eigenvalue weighted by molar-refractivity contribution is 0.0117. The van der Waals surface area contributed by atoms with Gasteiger partial charge in [-0.2, -0.15) is 0 Å². The predicted molar refractivity (Wildman–Crippen MR) is 74.5 cm³/mol. The van der Waals surface area contributed by atoms with Gasteiger partial charge in [-0.1, -0.05) is 28.1 Å². The number of methoxy groups -OCH3 is 1. The first-order valence-electron chi connectivity index (χ1n) is 5.75. The van der Waals surface area contributed by atoms with E-state index in [4.69, 9.17) is 10.6 Å². The molecule has 3 N–H and O–H groups in total. The van der Waals surface area contributed by atoms with Gasteiger partial charge in [0.2, 0.25) is 0 Å². The Labute approximate surface area is 112 Å². The van der Waals surface area contributed by atoms with E-state index < -0.39 is 0 Å². The SMILES string of the molecule is COC(C)(C)CCC(NN)c1cccc(Br)c1. The van der Waals surface area contributed by atoms with Gasteiger partial charge in [-0.25, -0.2) is 0 Å². The van der Waals surface area contributed by atoms with E-state index in [0.29, 0.717) is 0 Å². The van der Waals surface area contributed by atoms with Gasteiger partial charge in [-0.05, 0) is 44.4 Å². The summed E-state index contributed by atoms with van der Waals surface area (Å²) in [6, 6.07) is 8.35. The standard InChI is InChI=1S/C13H21BrN2O/c1-13(2,17-3)8-7-12(16-15)10-5-4-6-11(14)9-10/h4-6,9,12,16H,7-8,15H2,1-3H3. The van der Waals surface area contributed by atoms with Gasteiger partial charge in [0.15, 0.2) is 0 Å². The van der Waals surface area contributed by atoms with Gasteiger partial charge in [0.1, 0.15) is 0 Å². The average molecular weight is 301 g/mol. The van der Waals surface area contributed by atoms with E-state index in [2.05, 4.69) is 47.3 Å². The summed E-state index contributed by atoms with van der Waals surface area (Å²) in [7, 11) is 1.74. The minimum Gasteiger partial charge on any atom is -0.379 e. The zero-order valence-corrected chi connectivity index (χ0v) is 12.3. The summed E-state index contributed by atoms with van der Waals surface area (Å²) in [4.78, 5) is 0. The lowest BCUT2D eigenvalue weighted by Crippen LogP contribution is -2.31. The number of hydrogen-bond donors (Lipinski definition) is 2. The molecule has 0 saturated carbocycles. The fraction of sp³-hybridized carbons (Fsp3) is 0.538. The topological polar surface area (TPSA) is 47.3 Å². The molecule has 0 aromatic heterocycles. The number of nitrogens with two attached hydrogens (primary N) is 1. The number of rotatable bonds is 6. The summed E-state index contributed by atoms with van der Waals surface area (Å²) in [6.45, 7) is 4.17. The molecular formula is C13H21BrN2O. The summed E-state index contributed by atoms with van der Waals surface area (Å²) < 4.78 is 6.48. The zero-order valence-electron chi connectivity index (χ0n) is 10.7. The highest BCUT2D eigenvalue weighted by molar-refractivity contribution is 9.10. The molecule has 0 fully saturated rings. The van der Waals surface area contributed by atoms with Crippen LogP contribution in [0.15, 0.2) is 28.7 Å². The van der Waals surface area contributed by atoms with Crippen LogP contribution in [0.5, 0.6) is 0 Å². The van der Waals surface area contributed by atoms with Crippen LogP contribution in [0, 0.1) is 0 Å². The maximum absolute atomic E-state index is 5.62. The molecule has 0 aliphatic rings. The molecule has 0 radical (unpaired) electrons. The highest BCUT2D eigenvalue weighted by atomic mass is 79.9. The van der Waals surface area contributed by atoms with Crippen LogP contribution in [0.3, 0.4) is 0 Å². The van der Waals surface area contributed by atoms with Crippen molar-refractivity contribution in [3.8, 4) is 0 Å². The van der Waals surface area contributed by atoms with E-state index in [-0.39, 0.29) is 11.6 Å². The fourth-order valence-corrected chi connectivity index (χ4v) is 2.08. The number of benzene rings is 1. The quantitative estimate of drug-likeness (QED) is 0.627. The van der Waals surface area contributed by atoms with E-state index in [1.54, 1.807) is 7.11 Å². The second-order valence-corrected chi connectivity index (χ2v) is 5.69. The molecule has 0 bridgehead atoms. The summed E-state index contributed by atoms with van der Waals surface area (Å²) in [5, 5.41) is 0. The van der Waals surface area contributed by atoms with Crippen molar-refractivity contribution in [2.24, 2.45) is 5.84 Å². The molecule has 0 aliphatic carbocycles. The maximum Gasteiger partial charge on any atom is 0.0623 e. The van der Waals surface area contributed by atoms with Crippen LogP contribution < -0.4 is 11.3 Å². The largest absolute Gasteiger partial charge is 0.379 e. The first kappa shape index (κ1) is 14.6. The Kier molecular flexibility index (Phi) is 5.59. The highest BCUT2D eigenvalue weighted by Gasteiger charge is 2.19. The van der Waals surface area contributed by atoms with Crippen molar-refractivity contribution >= 4 is 15.9 Å². The molecule has 0 saturated heterocycles. The van der Waals surface area contributed by atoms with Crippen LogP contribution in [0.1, 0.15) is 38.3 Å². The second kappa shape index (κ2) is 6.50. The summed E-state index contributed by atoms with van der Waals surface area (Å²) >= 11 is 3.47. The van der Waals surface area contributed by atoms with Crippen molar-refractivity contribution in [3.05, 3.63) is 34.3 Å². The van der Waals surface area contributed by atoms with E-state index in [0.717, 1.165) is 17.3 Å². The van der Waals surface area contributed by atoms with E-state index in [1.165, 1.54) is 5.56 Å². The van der Waals surface area contributed by atoms with Crippen LogP contribution in [-0.2, 0) is 4.74 Å². The van der Waals surface area contributed by atoms with Crippen molar-refractivity contribution in [3.63, 3.8) is 0 Å². The number of hydrazine groups is 1. The third-order valence-electron chi connectivity index (χ3n) is 3.04. The lowest BCUT2D eigenvalue weighted by Gasteiger charge is -2.26. The summed E-state index contributed by atoms with van der Waals surface area (Å²) in [6.07, 6.45) is 1.89. The molecule has 3 nitrogen and oxygen atoms in total. The Morgan fingerprint density at radius 3 is 2.71 bits per heavy atom. The summed E-state index contributed by atoms with van der Waals surface area (Å²) in [5.74, 6) is 5.62. The van der Waals surface area contributed by atoms with Gasteiger partial charge in [0.25, 0.3) is 0 Å². The van der Waals surface area contributed by atoms with Gasteiger partial charge in [0, 0.05) is 17.6 Å². The van der Waals surface area contributed by atoms with Crippen LogP contribution in [0.25, 0.3) is 0 Å². The molecule has 1 aromatic carbocycles. The Morgan fingerprint density at radius 1 is 1.47 bits per heavy atom. The van der Waals surface area contributed by atoms with Crippen molar-refractivity contribution in [1.29, 1.82) is 0 Å². The Bertz CT molecular complexity index is 355. The molecule has 4 heteroatoms. The second-order valence-electron chi connectivity index (χ2n) is 4.78. The fourth-order valence-electron chi connectivity index (χ4n) is 1.66. The smallest absolute Gasteiger partial charge is 0.0623 e. The Balaban J connectivity index is 2.66. The molecule has 0 spiro atoms. The lowest BCUT2D eigenvalue weighted by atomic mass is 9.95. The number of hydrogen-bond acceptors (Lipinski definition) is 3. The predicted octanol–water partition coefficient (Wildman–Crippen LogP) is 3.16. The monoisotopic (exact) mass is 300 g/mol. The van der Waals surface area contributed by atoms with Gasteiger partial charge in [-0.3, -0.25) is 11.3 Å². The van der Waals surface area contributed by atoms with Crippen molar-refractivity contribution < 1.29 is 4.74 Å².